The van der Waals surface area contributed by atoms with Crippen molar-refractivity contribution in [3.8, 4) is 0 Å². The number of aliphatic carboxylic acids is 1. The molecule has 0 amide bonds. The molecule has 0 aromatic heterocycles. The number of hydrogen-bond donors (Lipinski definition) is 2. The normalized spacial score (nSPS) is 23.8. The molecule has 2 rings (SSSR count). The third-order valence-corrected chi connectivity index (χ3v) is 4.79. The molecule has 1 heterocycles. The van der Waals surface area contributed by atoms with Crippen LogP contribution in [0.3, 0.4) is 0 Å². The number of rotatable bonds is 6. The molecule has 1 saturated carbocycles. The van der Waals surface area contributed by atoms with E-state index in [0.29, 0.717) is 25.6 Å². The molecule has 0 spiro atoms. The van der Waals surface area contributed by atoms with Gasteiger partial charge in [0.05, 0.1) is 13.2 Å². The Labute approximate surface area is 106 Å². The van der Waals surface area contributed by atoms with Gasteiger partial charge in [0.15, 0.2) is 0 Å². The summed E-state index contributed by atoms with van der Waals surface area (Å²) in [4.78, 5) is 11.1. The van der Waals surface area contributed by atoms with Crippen molar-refractivity contribution in [2.45, 2.75) is 25.3 Å². The minimum Gasteiger partial charge on any atom is -0.480 e. The van der Waals surface area contributed by atoms with Gasteiger partial charge in [-0.3, -0.25) is 4.79 Å². The van der Waals surface area contributed by atoms with Crippen molar-refractivity contribution in [2.75, 3.05) is 26.3 Å². The second-order valence-electron chi connectivity index (χ2n) is 4.70. The molecular formula is C10H18N2O5S. The largest absolute Gasteiger partial charge is 0.480 e. The molecular weight excluding hydrogens is 260 g/mol. The molecule has 0 bridgehead atoms. The zero-order valence-electron chi connectivity index (χ0n) is 10.0. The number of carboxylic acid groups (broad SMARTS) is 1. The Balaban J connectivity index is 1.96. The number of hydrogen-bond acceptors (Lipinski definition) is 4. The molecule has 7 nitrogen and oxygen atoms in total. The summed E-state index contributed by atoms with van der Waals surface area (Å²) >= 11 is 0. The summed E-state index contributed by atoms with van der Waals surface area (Å²) in [5.74, 6) is -0.766. The lowest BCUT2D eigenvalue weighted by molar-refractivity contribution is -0.139. The first kappa shape index (κ1) is 13.7. The molecule has 104 valence electrons. The average Bonchev–Trinajstić information content (AvgIpc) is 3.13. The second-order valence-corrected chi connectivity index (χ2v) is 6.41. The maximum atomic E-state index is 12.0. The topological polar surface area (TPSA) is 95.9 Å². The van der Waals surface area contributed by atoms with Crippen LogP contribution >= 0.6 is 0 Å². The standard InChI is InChI=1S/C10H18N2O5S/c13-10(14)9(7-8-1-2-8)11-18(15,16)12-3-5-17-6-4-12/h8-9,11H,1-7H2,(H,13,14). The minimum atomic E-state index is -3.72. The van der Waals surface area contributed by atoms with Gasteiger partial charge in [-0.2, -0.15) is 17.4 Å². The van der Waals surface area contributed by atoms with Crippen LogP contribution in [0.25, 0.3) is 0 Å². The fourth-order valence-corrected chi connectivity index (χ4v) is 3.26. The second kappa shape index (κ2) is 5.52. The summed E-state index contributed by atoms with van der Waals surface area (Å²) in [7, 11) is -3.72. The molecule has 0 radical (unpaired) electrons. The quantitative estimate of drug-likeness (QED) is 0.677. The number of ether oxygens (including phenoxy) is 1. The highest BCUT2D eigenvalue weighted by Crippen LogP contribution is 2.33. The zero-order valence-corrected chi connectivity index (χ0v) is 10.9. The van der Waals surface area contributed by atoms with Crippen molar-refractivity contribution < 1.29 is 23.1 Å². The highest BCUT2D eigenvalue weighted by atomic mass is 32.2. The van der Waals surface area contributed by atoms with Gasteiger partial charge in [0, 0.05) is 13.1 Å². The fraction of sp³-hybridized carbons (Fsp3) is 0.900. The van der Waals surface area contributed by atoms with Gasteiger partial charge < -0.3 is 9.84 Å². The van der Waals surface area contributed by atoms with Crippen molar-refractivity contribution in [1.29, 1.82) is 0 Å². The van der Waals surface area contributed by atoms with Crippen LogP contribution in [0.4, 0.5) is 0 Å². The average molecular weight is 278 g/mol. The zero-order chi connectivity index (χ0) is 13.2. The van der Waals surface area contributed by atoms with Crippen molar-refractivity contribution in [3.63, 3.8) is 0 Å². The van der Waals surface area contributed by atoms with Crippen LogP contribution in [0, 0.1) is 5.92 Å². The Kier molecular flexibility index (Phi) is 4.21. The highest BCUT2D eigenvalue weighted by molar-refractivity contribution is 7.87. The van der Waals surface area contributed by atoms with Gasteiger partial charge in [-0.25, -0.2) is 0 Å². The molecule has 1 aliphatic heterocycles. The van der Waals surface area contributed by atoms with Gasteiger partial charge in [0.25, 0.3) is 10.2 Å². The summed E-state index contributed by atoms with van der Waals surface area (Å²) in [6.07, 6.45) is 2.35. The van der Waals surface area contributed by atoms with Gasteiger partial charge in [-0.1, -0.05) is 12.8 Å². The molecule has 2 fully saturated rings. The lowest BCUT2D eigenvalue weighted by Crippen LogP contribution is -2.51. The van der Waals surface area contributed by atoms with Gasteiger partial charge in [-0.05, 0) is 12.3 Å². The van der Waals surface area contributed by atoms with E-state index in [-0.39, 0.29) is 13.1 Å². The lowest BCUT2D eigenvalue weighted by Gasteiger charge is -2.27. The first-order chi connectivity index (χ1) is 8.49. The van der Waals surface area contributed by atoms with Gasteiger partial charge in [0.1, 0.15) is 6.04 Å². The van der Waals surface area contributed by atoms with Crippen molar-refractivity contribution in [3.05, 3.63) is 0 Å². The fourth-order valence-electron chi connectivity index (χ4n) is 1.93. The van der Waals surface area contributed by atoms with E-state index in [1.807, 2.05) is 0 Å². The third-order valence-electron chi connectivity index (χ3n) is 3.17. The van der Waals surface area contributed by atoms with E-state index in [2.05, 4.69) is 4.72 Å². The molecule has 1 aliphatic carbocycles. The van der Waals surface area contributed by atoms with E-state index in [0.717, 1.165) is 12.8 Å². The molecule has 0 aromatic carbocycles. The smallest absolute Gasteiger partial charge is 0.321 e. The molecule has 18 heavy (non-hydrogen) atoms. The summed E-state index contributed by atoms with van der Waals surface area (Å²) in [6.45, 7) is 1.23. The summed E-state index contributed by atoms with van der Waals surface area (Å²) in [6, 6.07) is -1.02. The predicted molar refractivity (Wildman–Crippen MR) is 63.2 cm³/mol. The molecule has 1 saturated heterocycles. The van der Waals surface area contributed by atoms with Crippen LogP contribution < -0.4 is 4.72 Å². The molecule has 8 heteroatoms. The first-order valence-electron chi connectivity index (χ1n) is 6.07. The summed E-state index contributed by atoms with van der Waals surface area (Å²) in [5, 5.41) is 9.04. The van der Waals surface area contributed by atoms with E-state index >= 15 is 0 Å². The van der Waals surface area contributed by atoms with Crippen LogP contribution in [-0.4, -0.2) is 56.1 Å². The van der Waals surface area contributed by atoms with Crippen molar-refractivity contribution in [2.24, 2.45) is 5.92 Å². The van der Waals surface area contributed by atoms with Crippen molar-refractivity contribution >= 4 is 16.2 Å². The Bertz CT molecular complexity index is 400. The molecule has 1 atom stereocenters. The first-order valence-corrected chi connectivity index (χ1v) is 7.51. The summed E-state index contributed by atoms with van der Waals surface area (Å²) < 4.78 is 32.6. The molecule has 1 unspecified atom stereocenters. The van der Waals surface area contributed by atoms with E-state index in [4.69, 9.17) is 9.84 Å². The van der Waals surface area contributed by atoms with E-state index in [9.17, 15) is 13.2 Å². The van der Waals surface area contributed by atoms with Gasteiger partial charge in [-0.15, -0.1) is 0 Å². The third kappa shape index (κ3) is 3.64. The van der Waals surface area contributed by atoms with Crippen LogP contribution in [0.5, 0.6) is 0 Å². The summed E-state index contributed by atoms with van der Waals surface area (Å²) in [5.41, 5.74) is 0. The molecule has 2 N–H and O–H groups in total. The van der Waals surface area contributed by atoms with Crippen LogP contribution in [0.15, 0.2) is 0 Å². The number of carbonyl (C=O) groups is 1. The van der Waals surface area contributed by atoms with Crippen LogP contribution in [0.2, 0.25) is 0 Å². The number of morpholine rings is 1. The molecule has 2 aliphatic rings. The van der Waals surface area contributed by atoms with Crippen LogP contribution in [-0.2, 0) is 19.7 Å². The number of nitrogens with one attached hydrogen (secondary N) is 1. The predicted octanol–water partition coefficient (Wildman–Crippen LogP) is -0.594. The Morgan fingerprint density at radius 1 is 1.39 bits per heavy atom. The van der Waals surface area contributed by atoms with Gasteiger partial charge >= 0.3 is 5.97 Å². The van der Waals surface area contributed by atoms with E-state index in [1.165, 1.54) is 4.31 Å². The minimum absolute atomic E-state index is 0.269. The van der Waals surface area contributed by atoms with Crippen molar-refractivity contribution in [1.82, 2.24) is 9.03 Å². The van der Waals surface area contributed by atoms with Crippen LogP contribution in [0.1, 0.15) is 19.3 Å². The Morgan fingerprint density at radius 3 is 2.50 bits per heavy atom. The number of carboxylic acids is 1. The monoisotopic (exact) mass is 278 g/mol. The van der Waals surface area contributed by atoms with Gasteiger partial charge in [0.2, 0.25) is 0 Å². The SMILES string of the molecule is O=C(O)C(CC1CC1)NS(=O)(=O)N1CCOCC1. The maximum Gasteiger partial charge on any atom is 0.321 e. The number of nitrogens with zero attached hydrogens (tertiary/aromatic N) is 1. The molecule has 0 aromatic rings. The lowest BCUT2D eigenvalue weighted by atomic mass is 10.1. The Hall–Kier alpha value is -0.700. The van der Waals surface area contributed by atoms with E-state index in [1.54, 1.807) is 0 Å². The maximum absolute atomic E-state index is 12.0. The highest BCUT2D eigenvalue weighted by Gasteiger charge is 2.34. The van der Waals surface area contributed by atoms with E-state index < -0.39 is 22.2 Å². The Morgan fingerprint density at radius 2 is 2.00 bits per heavy atom.